The number of aryl methyl sites for hydroxylation is 2. The number of aromatic nitrogens is 3. The van der Waals surface area contributed by atoms with Crippen molar-refractivity contribution in [3.05, 3.63) is 53.2 Å². The smallest absolute Gasteiger partial charge is 0.240 e. The highest BCUT2D eigenvalue weighted by molar-refractivity contribution is 5.85. The van der Waals surface area contributed by atoms with E-state index in [1.807, 2.05) is 10.8 Å². The second-order valence-corrected chi connectivity index (χ2v) is 6.60. The molecule has 2 heterocycles. The highest BCUT2D eigenvalue weighted by Crippen LogP contribution is 2.22. The summed E-state index contributed by atoms with van der Waals surface area (Å²) in [5.41, 5.74) is 4.69. The lowest BCUT2D eigenvalue weighted by atomic mass is 10.1. The van der Waals surface area contributed by atoms with Crippen molar-refractivity contribution in [2.24, 2.45) is 0 Å². The fraction of sp³-hybridized carbons (Fsp3) is 0.368. The van der Waals surface area contributed by atoms with Gasteiger partial charge < -0.3 is 14.9 Å². The van der Waals surface area contributed by atoms with Gasteiger partial charge in [0.25, 0.3) is 0 Å². The molecule has 0 spiro atoms. The molecule has 5 nitrogen and oxygen atoms in total. The van der Waals surface area contributed by atoms with Gasteiger partial charge in [0.15, 0.2) is 0 Å². The van der Waals surface area contributed by atoms with E-state index in [0.717, 1.165) is 16.9 Å². The Labute approximate surface area is 142 Å². The molecule has 0 aliphatic rings. The van der Waals surface area contributed by atoms with E-state index < -0.39 is 0 Å². The lowest BCUT2D eigenvalue weighted by molar-refractivity contribution is -0.121. The number of H-pyrrole nitrogens is 1. The molecule has 2 N–H and O–H groups in total. The van der Waals surface area contributed by atoms with Crippen LogP contribution in [0.4, 0.5) is 0 Å². The van der Waals surface area contributed by atoms with E-state index in [9.17, 15) is 4.79 Å². The number of aromatic amines is 1. The number of hydrogen-bond donors (Lipinski definition) is 2. The summed E-state index contributed by atoms with van der Waals surface area (Å²) < 4.78 is 1.91. The van der Waals surface area contributed by atoms with Crippen molar-refractivity contribution in [3.63, 3.8) is 0 Å². The minimum Gasteiger partial charge on any atom is -0.358 e. The molecule has 0 radical (unpaired) electrons. The largest absolute Gasteiger partial charge is 0.358 e. The van der Waals surface area contributed by atoms with Crippen LogP contribution in [-0.2, 0) is 17.9 Å². The summed E-state index contributed by atoms with van der Waals surface area (Å²) in [4.78, 5) is 19.9. The SMILES string of the molecule is Cc1[nH]c2ccc(CNC(=O)Cn3ccnc3C(C)C)cc2c1C. The molecule has 3 rings (SSSR count). The number of benzene rings is 1. The van der Waals surface area contributed by atoms with Crippen molar-refractivity contribution in [2.75, 3.05) is 0 Å². The van der Waals surface area contributed by atoms with Crippen LogP contribution in [0.5, 0.6) is 0 Å². The van der Waals surface area contributed by atoms with Crippen LogP contribution in [-0.4, -0.2) is 20.4 Å². The maximum atomic E-state index is 12.2. The number of nitrogens with zero attached hydrogens (tertiary/aromatic N) is 2. The lowest BCUT2D eigenvalue weighted by Gasteiger charge is -2.11. The Morgan fingerprint density at radius 1 is 1.33 bits per heavy atom. The molecule has 0 aliphatic heterocycles. The van der Waals surface area contributed by atoms with E-state index in [1.54, 1.807) is 6.20 Å². The van der Waals surface area contributed by atoms with Gasteiger partial charge in [-0.05, 0) is 37.1 Å². The van der Waals surface area contributed by atoms with Gasteiger partial charge in [0.2, 0.25) is 5.91 Å². The Hall–Kier alpha value is -2.56. The van der Waals surface area contributed by atoms with Gasteiger partial charge in [-0.15, -0.1) is 0 Å². The van der Waals surface area contributed by atoms with Crippen LogP contribution in [0.2, 0.25) is 0 Å². The van der Waals surface area contributed by atoms with E-state index >= 15 is 0 Å². The predicted octanol–water partition coefficient (Wildman–Crippen LogP) is 3.42. The number of rotatable bonds is 5. The first-order chi connectivity index (χ1) is 11.5. The van der Waals surface area contributed by atoms with Crippen molar-refractivity contribution in [1.29, 1.82) is 0 Å². The second-order valence-electron chi connectivity index (χ2n) is 6.60. The summed E-state index contributed by atoms with van der Waals surface area (Å²) in [6.07, 6.45) is 3.60. The van der Waals surface area contributed by atoms with Crippen LogP contribution >= 0.6 is 0 Å². The van der Waals surface area contributed by atoms with Crippen LogP contribution in [0.1, 0.15) is 42.4 Å². The van der Waals surface area contributed by atoms with Crippen LogP contribution in [0, 0.1) is 13.8 Å². The maximum absolute atomic E-state index is 12.2. The molecule has 0 unspecified atom stereocenters. The molecule has 126 valence electrons. The molecule has 1 aromatic carbocycles. The summed E-state index contributed by atoms with van der Waals surface area (Å²) in [6, 6.07) is 6.27. The first-order valence-electron chi connectivity index (χ1n) is 8.31. The topological polar surface area (TPSA) is 62.7 Å². The molecule has 3 aromatic rings. The second kappa shape index (κ2) is 6.51. The Morgan fingerprint density at radius 2 is 2.12 bits per heavy atom. The van der Waals surface area contributed by atoms with E-state index in [0.29, 0.717) is 19.0 Å². The lowest BCUT2D eigenvalue weighted by Crippen LogP contribution is -2.27. The first kappa shape index (κ1) is 16.3. The van der Waals surface area contributed by atoms with Gasteiger partial charge in [-0.25, -0.2) is 4.98 Å². The molecule has 0 saturated carbocycles. The van der Waals surface area contributed by atoms with Crippen molar-refractivity contribution >= 4 is 16.8 Å². The van der Waals surface area contributed by atoms with Crippen LogP contribution < -0.4 is 5.32 Å². The number of amides is 1. The Balaban J connectivity index is 1.66. The molecule has 0 saturated heterocycles. The predicted molar refractivity (Wildman–Crippen MR) is 95.9 cm³/mol. The van der Waals surface area contributed by atoms with Crippen molar-refractivity contribution < 1.29 is 4.79 Å². The summed E-state index contributed by atoms with van der Waals surface area (Å²) in [6.45, 7) is 9.18. The van der Waals surface area contributed by atoms with Gasteiger partial charge >= 0.3 is 0 Å². The minimum atomic E-state index is -0.00281. The summed E-state index contributed by atoms with van der Waals surface area (Å²) >= 11 is 0. The van der Waals surface area contributed by atoms with Crippen LogP contribution in [0.3, 0.4) is 0 Å². The zero-order valence-corrected chi connectivity index (χ0v) is 14.7. The molecule has 0 atom stereocenters. The standard InChI is InChI=1S/C19H24N4O/c1-12(2)19-20-7-8-23(19)11-18(24)21-10-15-5-6-17-16(9-15)13(3)14(4)22-17/h5-9,12,22H,10-11H2,1-4H3,(H,21,24). The maximum Gasteiger partial charge on any atom is 0.240 e. The number of carbonyl (C=O) groups excluding carboxylic acids is 1. The molecular weight excluding hydrogens is 300 g/mol. The first-order valence-corrected chi connectivity index (χ1v) is 8.31. The Morgan fingerprint density at radius 3 is 2.88 bits per heavy atom. The molecular formula is C19H24N4O. The molecule has 24 heavy (non-hydrogen) atoms. The molecule has 0 fully saturated rings. The Kier molecular flexibility index (Phi) is 4.42. The fourth-order valence-corrected chi connectivity index (χ4v) is 2.98. The monoisotopic (exact) mass is 324 g/mol. The van der Waals surface area contributed by atoms with E-state index in [-0.39, 0.29) is 5.91 Å². The van der Waals surface area contributed by atoms with Crippen molar-refractivity contribution in [3.8, 4) is 0 Å². The highest BCUT2D eigenvalue weighted by atomic mass is 16.1. The zero-order valence-electron chi connectivity index (χ0n) is 14.7. The third kappa shape index (κ3) is 3.20. The number of nitrogens with one attached hydrogen (secondary N) is 2. The van der Waals surface area contributed by atoms with Crippen molar-refractivity contribution in [1.82, 2.24) is 19.9 Å². The number of hydrogen-bond acceptors (Lipinski definition) is 2. The normalized spacial score (nSPS) is 11.4. The van der Waals surface area contributed by atoms with E-state index in [1.165, 1.54) is 16.6 Å². The van der Waals surface area contributed by atoms with Crippen LogP contribution in [0.15, 0.2) is 30.6 Å². The van der Waals surface area contributed by atoms with Gasteiger partial charge in [-0.3, -0.25) is 4.79 Å². The van der Waals surface area contributed by atoms with E-state index in [4.69, 9.17) is 0 Å². The molecule has 0 aliphatic carbocycles. The van der Waals surface area contributed by atoms with Gasteiger partial charge in [-0.1, -0.05) is 19.9 Å². The van der Waals surface area contributed by atoms with Gasteiger partial charge in [0.1, 0.15) is 12.4 Å². The summed E-state index contributed by atoms with van der Waals surface area (Å²) in [7, 11) is 0. The average Bonchev–Trinajstić information content (AvgIpc) is 3.11. The van der Waals surface area contributed by atoms with Gasteiger partial charge in [-0.2, -0.15) is 0 Å². The van der Waals surface area contributed by atoms with Gasteiger partial charge in [0, 0.05) is 41.5 Å². The molecule has 1 amide bonds. The van der Waals surface area contributed by atoms with Crippen LogP contribution in [0.25, 0.3) is 10.9 Å². The number of imidazole rings is 1. The van der Waals surface area contributed by atoms with Crippen molar-refractivity contribution in [2.45, 2.75) is 46.7 Å². The average molecular weight is 324 g/mol. The minimum absolute atomic E-state index is 0.00281. The molecule has 0 bridgehead atoms. The number of fused-ring (bicyclic) bond motifs is 1. The third-order valence-electron chi connectivity index (χ3n) is 4.44. The molecule has 2 aromatic heterocycles. The zero-order chi connectivity index (χ0) is 17.3. The summed E-state index contributed by atoms with van der Waals surface area (Å²) in [5, 5.41) is 4.22. The quantitative estimate of drug-likeness (QED) is 0.755. The Bertz CT molecular complexity index is 873. The third-order valence-corrected chi connectivity index (χ3v) is 4.44. The van der Waals surface area contributed by atoms with Gasteiger partial charge in [0.05, 0.1) is 0 Å². The fourth-order valence-electron chi connectivity index (χ4n) is 2.98. The highest BCUT2D eigenvalue weighted by Gasteiger charge is 2.11. The molecule has 5 heteroatoms. The summed E-state index contributed by atoms with van der Waals surface area (Å²) in [5.74, 6) is 1.23. The number of carbonyl (C=O) groups is 1. The van der Waals surface area contributed by atoms with E-state index in [2.05, 4.69) is 61.2 Å².